The van der Waals surface area contributed by atoms with Gasteiger partial charge < -0.3 is 20.1 Å². The minimum atomic E-state index is -0.0155. The number of methoxy groups -OCH3 is 1. The highest BCUT2D eigenvalue weighted by Gasteiger charge is 2.13. The molecule has 0 aliphatic rings. The van der Waals surface area contributed by atoms with E-state index in [1.807, 2.05) is 85.5 Å². The van der Waals surface area contributed by atoms with Crippen molar-refractivity contribution in [2.45, 2.75) is 19.8 Å². The van der Waals surface area contributed by atoms with Crippen molar-refractivity contribution in [1.82, 2.24) is 19.7 Å². The van der Waals surface area contributed by atoms with E-state index < -0.39 is 0 Å². The molecule has 1 amide bonds. The largest absolute Gasteiger partial charge is 0.491 e. The van der Waals surface area contributed by atoms with Gasteiger partial charge in [-0.2, -0.15) is 5.10 Å². The van der Waals surface area contributed by atoms with Crippen molar-refractivity contribution in [2.24, 2.45) is 7.05 Å². The Morgan fingerprint density at radius 1 is 1.00 bits per heavy atom. The normalized spacial score (nSPS) is 11.1. The number of anilines is 3. The highest BCUT2D eigenvalue weighted by molar-refractivity contribution is 5.95. The van der Waals surface area contributed by atoms with Crippen LogP contribution in [0.2, 0.25) is 0 Å². The molecule has 0 radical (unpaired) electrons. The van der Waals surface area contributed by atoms with Crippen LogP contribution in [-0.2, 0) is 16.6 Å². The second-order valence-corrected chi connectivity index (χ2v) is 8.96. The fourth-order valence-corrected chi connectivity index (χ4v) is 4.23. The second kappa shape index (κ2) is 11.3. The zero-order valence-corrected chi connectivity index (χ0v) is 21.7. The average Bonchev–Trinajstić information content (AvgIpc) is 3.29. The molecule has 3 aromatic carbocycles. The summed E-state index contributed by atoms with van der Waals surface area (Å²) in [6, 6.07) is 19.4. The molecule has 38 heavy (non-hydrogen) atoms. The Kier molecular flexibility index (Phi) is 7.46. The summed E-state index contributed by atoms with van der Waals surface area (Å²) in [7, 11) is 3.56. The van der Waals surface area contributed by atoms with Gasteiger partial charge in [0.05, 0.1) is 23.8 Å². The molecule has 0 atom stereocenters. The van der Waals surface area contributed by atoms with E-state index in [1.165, 1.54) is 0 Å². The van der Waals surface area contributed by atoms with E-state index in [1.54, 1.807) is 7.11 Å². The van der Waals surface area contributed by atoms with E-state index in [2.05, 4.69) is 15.7 Å². The molecule has 0 saturated heterocycles. The zero-order chi connectivity index (χ0) is 26.5. The second-order valence-electron chi connectivity index (χ2n) is 8.96. The lowest BCUT2D eigenvalue weighted by Gasteiger charge is -2.14. The summed E-state index contributed by atoms with van der Waals surface area (Å²) in [6.45, 7) is 2.92. The highest BCUT2D eigenvalue weighted by Crippen LogP contribution is 2.31. The monoisotopic (exact) mass is 510 g/mol. The first-order chi connectivity index (χ1) is 18.5. The van der Waals surface area contributed by atoms with Crippen LogP contribution in [-0.4, -0.2) is 46.0 Å². The molecule has 9 nitrogen and oxygen atoms in total. The number of hydrogen-bond acceptors (Lipinski definition) is 7. The molecule has 194 valence electrons. The number of ether oxygens (including phenoxy) is 2. The van der Waals surface area contributed by atoms with Gasteiger partial charge in [-0.15, -0.1) is 0 Å². The number of benzene rings is 3. The molecule has 0 spiro atoms. The number of aryl methyl sites for hydroxylation is 1. The lowest BCUT2D eigenvalue weighted by molar-refractivity contribution is -0.116. The first-order valence-corrected chi connectivity index (χ1v) is 12.6. The summed E-state index contributed by atoms with van der Waals surface area (Å²) in [5.74, 6) is 1.88. The van der Waals surface area contributed by atoms with Crippen molar-refractivity contribution in [3.05, 3.63) is 66.9 Å². The predicted molar refractivity (Wildman–Crippen MR) is 150 cm³/mol. The van der Waals surface area contributed by atoms with E-state index in [0.717, 1.165) is 39.5 Å². The van der Waals surface area contributed by atoms with Gasteiger partial charge in [-0.1, -0.05) is 19.1 Å². The third-order valence-electron chi connectivity index (χ3n) is 6.11. The molecule has 0 aliphatic carbocycles. The number of rotatable bonds is 10. The van der Waals surface area contributed by atoms with Crippen LogP contribution >= 0.6 is 0 Å². The van der Waals surface area contributed by atoms with E-state index in [4.69, 9.17) is 19.4 Å². The number of aromatic nitrogens is 4. The maximum atomic E-state index is 12.1. The van der Waals surface area contributed by atoms with Gasteiger partial charge in [-0.25, -0.2) is 9.97 Å². The Morgan fingerprint density at radius 3 is 2.74 bits per heavy atom. The third kappa shape index (κ3) is 5.57. The molecule has 5 rings (SSSR count). The maximum absolute atomic E-state index is 12.1. The third-order valence-corrected chi connectivity index (χ3v) is 6.11. The maximum Gasteiger partial charge on any atom is 0.224 e. The van der Waals surface area contributed by atoms with Crippen LogP contribution in [0.3, 0.4) is 0 Å². The summed E-state index contributed by atoms with van der Waals surface area (Å²) in [4.78, 5) is 21.9. The number of nitrogens with zero attached hydrogens (tertiary/aromatic N) is 4. The van der Waals surface area contributed by atoms with Crippen LogP contribution in [0.25, 0.3) is 33.2 Å². The molecule has 0 aliphatic heterocycles. The minimum absolute atomic E-state index is 0.0155. The summed E-state index contributed by atoms with van der Waals surface area (Å²) >= 11 is 0. The van der Waals surface area contributed by atoms with Crippen LogP contribution in [0.1, 0.15) is 19.8 Å². The van der Waals surface area contributed by atoms with Gasteiger partial charge in [0.15, 0.2) is 5.82 Å². The molecule has 0 saturated carbocycles. The molecule has 0 bridgehead atoms. The summed E-state index contributed by atoms with van der Waals surface area (Å²) in [5, 5.41) is 12.6. The number of hydrogen-bond donors (Lipinski definition) is 2. The lowest BCUT2D eigenvalue weighted by atomic mass is 10.1. The lowest BCUT2D eigenvalue weighted by Crippen LogP contribution is -2.10. The van der Waals surface area contributed by atoms with Crippen molar-refractivity contribution in [3.8, 4) is 17.1 Å². The van der Waals surface area contributed by atoms with Gasteiger partial charge in [0.2, 0.25) is 5.91 Å². The number of carbonyl (C=O) groups excluding carboxylic acids is 1. The fraction of sp³-hybridized carbons (Fsp3) is 0.241. The highest BCUT2D eigenvalue weighted by atomic mass is 16.5. The average molecular weight is 511 g/mol. The number of amides is 1. The number of nitrogens with one attached hydrogen (secondary N) is 2. The van der Waals surface area contributed by atoms with E-state index in [0.29, 0.717) is 42.7 Å². The Morgan fingerprint density at radius 2 is 1.89 bits per heavy atom. The van der Waals surface area contributed by atoms with Crippen molar-refractivity contribution in [3.63, 3.8) is 0 Å². The molecule has 9 heteroatoms. The van der Waals surface area contributed by atoms with Gasteiger partial charge in [-0.3, -0.25) is 9.48 Å². The SMILES string of the molecule is CCCC(=O)Nc1cccc(-c2nc(Nc3ccc4c(cnn4C)c3)c3cc(OCCOC)ccc3n2)c1. The predicted octanol–water partition coefficient (Wildman–Crippen LogP) is 5.69. The summed E-state index contributed by atoms with van der Waals surface area (Å²) in [5.41, 5.74) is 4.19. The topological polar surface area (TPSA) is 103 Å². The van der Waals surface area contributed by atoms with Gasteiger partial charge in [0.1, 0.15) is 18.2 Å². The Balaban J connectivity index is 1.55. The van der Waals surface area contributed by atoms with E-state index >= 15 is 0 Å². The molecule has 5 aromatic rings. The molecule has 0 fully saturated rings. The Hall–Kier alpha value is -4.50. The van der Waals surface area contributed by atoms with Gasteiger partial charge in [0, 0.05) is 48.3 Å². The van der Waals surface area contributed by atoms with Crippen molar-refractivity contribution in [1.29, 1.82) is 0 Å². The van der Waals surface area contributed by atoms with Crippen molar-refractivity contribution in [2.75, 3.05) is 31.0 Å². The molecule has 2 aromatic heterocycles. The smallest absolute Gasteiger partial charge is 0.224 e. The van der Waals surface area contributed by atoms with Gasteiger partial charge >= 0.3 is 0 Å². The molecular formula is C29H30N6O3. The molecule has 0 unspecified atom stereocenters. The van der Waals surface area contributed by atoms with Crippen LogP contribution in [0.4, 0.5) is 17.2 Å². The van der Waals surface area contributed by atoms with Crippen molar-refractivity contribution >= 4 is 44.9 Å². The quantitative estimate of drug-likeness (QED) is 0.233. The zero-order valence-electron chi connectivity index (χ0n) is 21.7. The standard InChI is InChI=1S/C29H30N6O3/c1-4-6-27(36)31-21-8-5-7-19(15-21)28-33-25-11-10-23(38-14-13-37-3)17-24(25)29(34-28)32-22-9-12-26-20(16-22)18-30-35(26)2/h5,7-12,15-18H,4,6,13-14H2,1-3H3,(H,31,36)(H,32,33,34). The molecule has 2 heterocycles. The minimum Gasteiger partial charge on any atom is -0.491 e. The van der Waals surface area contributed by atoms with Crippen LogP contribution in [0, 0.1) is 0 Å². The van der Waals surface area contributed by atoms with Crippen LogP contribution in [0.15, 0.2) is 66.9 Å². The number of carbonyl (C=O) groups is 1. The molecular weight excluding hydrogens is 480 g/mol. The first-order valence-electron chi connectivity index (χ1n) is 12.6. The summed E-state index contributed by atoms with van der Waals surface area (Å²) in [6.07, 6.45) is 3.10. The number of fused-ring (bicyclic) bond motifs is 2. The Bertz CT molecular complexity index is 1600. The van der Waals surface area contributed by atoms with Gasteiger partial charge in [0.25, 0.3) is 0 Å². The molecule has 2 N–H and O–H groups in total. The first kappa shape index (κ1) is 25.2. The van der Waals surface area contributed by atoms with E-state index in [9.17, 15) is 4.79 Å². The Labute approximate surface area is 220 Å². The van der Waals surface area contributed by atoms with Crippen LogP contribution in [0.5, 0.6) is 5.75 Å². The van der Waals surface area contributed by atoms with Crippen molar-refractivity contribution < 1.29 is 14.3 Å². The summed E-state index contributed by atoms with van der Waals surface area (Å²) < 4.78 is 12.8. The fourth-order valence-electron chi connectivity index (χ4n) is 4.23. The van der Waals surface area contributed by atoms with Gasteiger partial charge in [-0.05, 0) is 55.0 Å². The van der Waals surface area contributed by atoms with Crippen LogP contribution < -0.4 is 15.4 Å². The van der Waals surface area contributed by atoms with E-state index in [-0.39, 0.29) is 5.91 Å².